The van der Waals surface area contributed by atoms with Crippen LogP contribution in [0.2, 0.25) is 0 Å². The van der Waals surface area contributed by atoms with E-state index >= 15 is 0 Å². The Hall–Kier alpha value is -1.36. The van der Waals surface area contributed by atoms with E-state index in [0.29, 0.717) is 13.2 Å². The van der Waals surface area contributed by atoms with Gasteiger partial charge in [-0.15, -0.1) is 0 Å². The van der Waals surface area contributed by atoms with Crippen LogP contribution in [-0.2, 0) is 9.63 Å². The molecule has 0 bridgehead atoms. The number of hydrogen-bond acceptors (Lipinski definition) is 3. The van der Waals surface area contributed by atoms with Gasteiger partial charge < -0.3 is 0 Å². The Morgan fingerprint density at radius 3 is 3.07 bits per heavy atom. The third-order valence-corrected chi connectivity index (χ3v) is 2.28. The summed E-state index contributed by atoms with van der Waals surface area (Å²) in [6.45, 7) is 3.14. The van der Waals surface area contributed by atoms with E-state index in [1.54, 1.807) is 23.1 Å². The minimum absolute atomic E-state index is 0.0359. The molecule has 1 aromatic heterocycles. The van der Waals surface area contributed by atoms with E-state index in [0.717, 1.165) is 6.42 Å². The summed E-state index contributed by atoms with van der Waals surface area (Å²) in [6, 6.07) is 1.51. The van der Waals surface area contributed by atoms with Gasteiger partial charge in [0.2, 0.25) is 0 Å². The molecular formula is C9H13N3O2. The number of amides is 1. The maximum absolute atomic E-state index is 11.8. The smallest absolute Gasteiger partial charge is 0.270 e. The second kappa shape index (κ2) is 3.79. The summed E-state index contributed by atoms with van der Waals surface area (Å²) in [5, 5.41) is 5.45. The van der Waals surface area contributed by atoms with Gasteiger partial charge in [-0.25, -0.2) is 5.06 Å². The largest absolute Gasteiger partial charge is 0.271 e. The molecule has 0 N–H and O–H groups in total. The fraction of sp³-hybridized carbons (Fsp3) is 0.556. The first kappa shape index (κ1) is 9.21. The predicted octanol–water partition coefficient (Wildman–Crippen LogP) is 0.608. The average Bonchev–Trinajstić information content (AvgIpc) is 2.87. The molecule has 5 heteroatoms. The fourth-order valence-corrected chi connectivity index (χ4v) is 1.45. The second-order valence-corrected chi connectivity index (χ2v) is 3.29. The molecule has 1 fully saturated rings. The topological polar surface area (TPSA) is 47.4 Å². The predicted molar refractivity (Wildman–Crippen MR) is 49.2 cm³/mol. The molecule has 1 saturated heterocycles. The van der Waals surface area contributed by atoms with Crippen LogP contribution >= 0.6 is 0 Å². The van der Waals surface area contributed by atoms with Crippen LogP contribution < -0.4 is 0 Å². The van der Waals surface area contributed by atoms with E-state index in [9.17, 15) is 4.79 Å². The van der Waals surface area contributed by atoms with Gasteiger partial charge in [-0.1, -0.05) is 0 Å². The van der Waals surface area contributed by atoms with Crippen LogP contribution in [0.5, 0.6) is 0 Å². The Bertz CT molecular complexity index is 304. The normalized spacial score (nSPS) is 18.5. The van der Waals surface area contributed by atoms with Gasteiger partial charge in [-0.2, -0.15) is 5.10 Å². The lowest BCUT2D eigenvalue weighted by Crippen LogP contribution is -2.33. The molecule has 76 valence electrons. The summed E-state index contributed by atoms with van der Waals surface area (Å²) >= 11 is 0. The van der Waals surface area contributed by atoms with E-state index in [4.69, 9.17) is 4.84 Å². The molecule has 2 rings (SSSR count). The van der Waals surface area contributed by atoms with Crippen molar-refractivity contribution in [2.75, 3.05) is 13.2 Å². The Labute approximate surface area is 82.2 Å². The average molecular weight is 195 g/mol. The van der Waals surface area contributed by atoms with Gasteiger partial charge in [0.25, 0.3) is 5.91 Å². The van der Waals surface area contributed by atoms with E-state index < -0.39 is 0 Å². The van der Waals surface area contributed by atoms with Crippen molar-refractivity contribution in [1.82, 2.24) is 14.8 Å². The number of aromatic nitrogens is 2. The first-order valence-electron chi connectivity index (χ1n) is 4.72. The molecule has 14 heavy (non-hydrogen) atoms. The highest BCUT2D eigenvalue weighted by molar-refractivity contribution is 5.79. The lowest BCUT2D eigenvalue weighted by atomic mass is 10.3. The molecule has 0 saturated carbocycles. The molecular weight excluding hydrogens is 182 g/mol. The number of hydrogen-bond donors (Lipinski definition) is 0. The zero-order chi connectivity index (χ0) is 9.97. The van der Waals surface area contributed by atoms with Gasteiger partial charge in [0, 0.05) is 12.4 Å². The van der Waals surface area contributed by atoms with Gasteiger partial charge >= 0.3 is 0 Å². The molecule has 1 atom stereocenters. The van der Waals surface area contributed by atoms with Crippen LogP contribution in [0.4, 0.5) is 0 Å². The van der Waals surface area contributed by atoms with E-state index in [2.05, 4.69) is 5.10 Å². The van der Waals surface area contributed by atoms with Crippen molar-refractivity contribution in [3.8, 4) is 0 Å². The molecule has 1 unspecified atom stereocenters. The van der Waals surface area contributed by atoms with Crippen molar-refractivity contribution in [2.24, 2.45) is 0 Å². The van der Waals surface area contributed by atoms with Crippen LogP contribution in [0.25, 0.3) is 0 Å². The monoisotopic (exact) mass is 195 g/mol. The van der Waals surface area contributed by atoms with Crippen molar-refractivity contribution < 1.29 is 9.63 Å². The fourth-order valence-electron chi connectivity index (χ4n) is 1.45. The summed E-state index contributed by atoms with van der Waals surface area (Å²) in [5.41, 5.74) is 0. The highest BCUT2D eigenvalue weighted by atomic mass is 16.7. The maximum Gasteiger partial charge on any atom is 0.270 e. The van der Waals surface area contributed by atoms with Crippen LogP contribution in [0.3, 0.4) is 0 Å². The highest BCUT2D eigenvalue weighted by Gasteiger charge is 2.25. The molecule has 0 aromatic carbocycles. The molecule has 0 radical (unpaired) electrons. The highest BCUT2D eigenvalue weighted by Crippen LogP contribution is 2.13. The summed E-state index contributed by atoms with van der Waals surface area (Å²) in [7, 11) is 0. The van der Waals surface area contributed by atoms with E-state index in [-0.39, 0.29) is 11.9 Å². The zero-order valence-electron chi connectivity index (χ0n) is 8.09. The van der Waals surface area contributed by atoms with Crippen molar-refractivity contribution >= 4 is 5.91 Å². The number of hydroxylamine groups is 2. The quantitative estimate of drug-likeness (QED) is 0.694. The van der Waals surface area contributed by atoms with Crippen LogP contribution in [0.15, 0.2) is 18.5 Å². The third kappa shape index (κ3) is 1.63. The molecule has 1 amide bonds. The van der Waals surface area contributed by atoms with Gasteiger partial charge in [-0.05, 0) is 19.4 Å². The number of carbonyl (C=O) groups is 1. The molecule has 2 heterocycles. The third-order valence-electron chi connectivity index (χ3n) is 2.28. The lowest BCUT2D eigenvalue weighted by molar-refractivity contribution is -0.172. The molecule has 1 aliphatic rings. The Morgan fingerprint density at radius 2 is 2.50 bits per heavy atom. The summed E-state index contributed by atoms with van der Waals surface area (Å²) in [5.74, 6) is -0.0359. The molecule has 0 spiro atoms. The first-order valence-corrected chi connectivity index (χ1v) is 4.72. The minimum atomic E-state index is -0.289. The van der Waals surface area contributed by atoms with Gasteiger partial charge in [-0.3, -0.25) is 14.3 Å². The Morgan fingerprint density at radius 1 is 1.64 bits per heavy atom. The number of carbonyl (C=O) groups excluding carboxylic acids is 1. The molecule has 1 aromatic rings. The maximum atomic E-state index is 11.8. The summed E-state index contributed by atoms with van der Waals surface area (Å²) < 4.78 is 1.63. The van der Waals surface area contributed by atoms with Crippen molar-refractivity contribution in [2.45, 2.75) is 19.4 Å². The second-order valence-electron chi connectivity index (χ2n) is 3.29. The van der Waals surface area contributed by atoms with Gasteiger partial charge in [0.05, 0.1) is 13.2 Å². The Kier molecular flexibility index (Phi) is 2.49. The summed E-state index contributed by atoms with van der Waals surface area (Å²) in [4.78, 5) is 17.0. The molecule has 0 aliphatic carbocycles. The number of rotatable bonds is 2. The lowest BCUT2D eigenvalue weighted by Gasteiger charge is -2.18. The van der Waals surface area contributed by atoms with Crippen molar-refractivity contribution in [1.29, 1.82) is 0 Å². The first-order chi connectivity index (χ1) is 6.79. The standard InChI is InChI=1S/C9H13N3O2/c1-8(11-5-2-4-10-11)9(13)12-6-3-7-14-12/h2,4-5,8H,3,6-7H2,1H3. The molecule has 5 nitrogen and oxygen atoms in total. The number of nitrogens with zero attached hydrogens (tertiary/aromatic N) is 3. The molecule has 1 aliphatic heterocycles. The Balaban J connectivity index is 2.04. The van der Waals surface area contributed by atoms with E-state index in [1.165, 1.54) is 5.06 Å². The van der Waals surface area contributed by atoms with Crippen LogP contribution in [0.1, 0.15) is 19.4 Å². The van der Waals surface area contributed by atoms with Gasteiger partial charge in [0.1, 0.15) is 6.04 Å². The van der Waals surface area contributed by atoms with Crippen molar-refractivity contribution in [3.05, 3.63) is 18.5 Å². The zero-order valence-corrected chi connectivity index (χ0v) is 8.09. The SMILES string of the molecule is CC(C(=O)N1CCCO1)n1cccn1. The van der Waals surface area contributed by atoms with Gasteiger partial charge in [0.15, 0.2) is 0 Å². The summed E-state index contributed by atoms with van der Waals surface area (Å²) in [6.07, 6.45) is 4.35. The van der Waals surface area contributed by atoms with Crippen LogP contribution in [0, 0.1) is 0 Å². The van der Waals surface area contributed by atoms with Crippen LogP contribution in [-0.4, -0.2) is 33.9 Å². The van der Waals surface area contributed by atoms with E-state index in [1.807, 2.05) is 6.92 Å². The minimum Gasteiger partial charge on any atom is -0.271 e. The van der Waals surface area contributed by atoms with Crippen molar-refractivity contribution in [3.63, 3.8) is 0 Å².